The van der Waals surface area contributed by atoms with E-state index in [1.165, 1.54) is 12.1 Å². The van der Waals surface area contributed by atoms with Crippen molar-refractivity contribution in [3.05, 3.63) is 50.7 Å². The topological polar surface area (TPSA) is 81.2 Å². The molecular formula is C13H11N3O3S. The van der Waals surface area contributed by atoms with Crippen LogP contribution < -0.4 is 5.32 Å². The molecule has 2 aromatic heterocycles. The zero-order valence-electron chi connectivity index (χ0n) is 10.6. The Morgan fingerprint density at radius 2 is 2.30 bits per heavy atom. The Morgan fingerprint density at radius 3 is 3.00 bits per heavy atom. The van der Waals surface area contributed by atoms with E-state index in [2.05, 4.69) is 10.3 Å². The van der Waals surface area contributed by atoms with Gasteiger partial charge in [-0.1, -0.05) is 0 Å². The minimum atomic E-state index is -0.455. The summed E-state index contributed by atoms with van der Waals surface area (Å²) >= 11 is 1.62. The molecule has 0 aliphatic rings. The number of nitrogens with one attached hydrogen (secondary N) is 1. The van der Waals surface area contributed by atoms with Gasteiger partial charge in [0.15, 0.2) is 5.58 Å². The summed E-state index contributed by atoms with van der Waals surface area (Å²) in [5, 5.41) is 17.9. The van der Waals surface area contributed by atoms with Gasteiger partial charge in [0.25, 0.3) is 11.7 Å². The first-order valence-electron chi connectivity index (χ1n) is 5.97. The zero-order valence-corrected chi connectivity index (χ0v) is 11.4. The molecule has 6 nitrogen and oxygen atoms in total. The number of nitro benzene ring substituents is 1. The Kier molecular flexibility index (Phi) is 3.11. The molecule has 0 amide bonds. The molecule has 1 atom stereocenters. The van der Waals surface area contributed by atoms with Gasteiger partial charge in [0.2, 0.25) is 0 Å². The predicted octanol–water partition coefficient (Wildman–Crippen LogP) is 3.97. The molecule has 0 aliphatic carbocycles. The van der Waals surface area contributed by atoms with Crippen LogP contribution in [0.3, 0.4) is 0 Å². The molecule has 3 rings (SSSR count). The Morgan fingerprint density at radius 1 is 1.45 bits per heavy atom. The summed E-state index contributed by atoms with van der Waals surface area (Å²) in [7, 11) is 0. The highest BCUT2D eigenvalue weighted by molar-refractivity contribution is 7.07. The molecule has 0 saturated carbocycles. The molecule has 0 spiro atoms. The number of nitrogens with zero attached hydrogens (tertiary/aromatic N) is 2. The van der Waals surface area contributed by atoms with E-state index < -0.39 is 4.92 Å². The third-order valence-electron chi connectivity index (χ3n) is 2.97. The first kappa shape index (κ1) is 12.6. The standard InChI is InChI=1S/C13H11N3O3S/c1-8(9-4-5-20-7-9)14-13-15-11-3-2-10(16(17)18)6-12(11)19-13/h2-8H,1H3,(H,14,15). The van der Waals surface area contributed by atoms with Crippen molar-refractivity contribution in [1.29, 1.82) is 0 Å². The molecule has 7 heteroatoms. The third-order valence-corrected chi connectivity index (χ3v) is 3.67. The van der Waals surface area contributed by atoms with Crippen molar-refractivity contribution in [2.75, 3.05) is 5.32 Å². The van der Waals surface area contributed by atoms with E-state index in [4.69, 9.17) is 4.42 Å². The molecule has 0 saturated heterocycles. The fourth-order valence-corrected chi connectivity index (χ4v) is 2.63. The lowest BCUT2D eigenvalue weighted by Crippen LogP contribution is -2.05. The second-order valence-corrected chi connectivity index (χ2v) is 5.13. The Balaban J connectivity index is 1.87. The Labute approximate surface area is 118 Å². The van der Waals surface area contributed by atoms with Crippen LogP contribution in [-0.4, -0.2) is 9.91 Å². The maximum atomic E-state index is 10.7. The summed E-state index contributed by atoms with van der Waals surface area (Å²) in [5.74, 6) is 0. The number of thiophene rings is 1. The molecule has 0 aliphatic heterocycles. The number of oxazole rings is 1. The number of hydrogen-bond acceptors (Lipinski definition) is 6. The average molecular weight is 289 g/mol. The minimum Gasteiger partial charge on any atom is -0.423 e. The predicted molar refractivity (Wildman–Crippen MR) is 77.0 cm³/mol. The van der Waals surface area contributed by atoms with Crippen molar-refractivity contribution in [1.82, 2.24) is 4.98 Å². The van der Waals surface area contributed by atoms with Gasteiger partial charge in [-0.2, -0.15) is 16.3 Å². The number of non-ortho nitro benzene ring substituents is 1. The summed E-state index contributed by atoms with van der Waals surface area (Å²) in [6.45, 7) is 2.00. The number of benzene rings is 1. The van der Waals surface area contributed by atoms with Crippen LogP contribution in [0.4, 0.5) is 11.7 Å². The third kappa shape index (κ3) is 2.35. The van der Waals surface area contributed by atoms with Crippen LogP contribution in [0.1, 0.15) is 18.5 Å². The van der Waals surface area contributed by atoms with Crippen molar-refractivity contribution in [3.63, 3.8) is 0 Å². The van der Waals surface area contributed by atoms with E-state index in [0.717, 1.165) is 5.56 Å². The second-order valence-electron chi connectivity index (χ2n) is 4.35. The molecular weight excluding hydrogens is 278 g/mol. The maximum Gasteiger partial charge on any atom is 0.296 e. The number of rotatable bonds is 4. The van der Waals surface area contributed by atoms with Gasteiger partial charge in [-0.25, -0.2) is 0 Å². The summed E-state index contributed by atoms with van der Waals surface area (Å²) < 4.78 is 5.50. The van der Waals surface area contributed by atoms with Gasteiger partial charge in [0.05, 0.1) is 17.0 Å². The minimum absolute atomic E-state index is 0.00826. The van der Waals surface area contributed by atoms with Crippen molar-refractivity contribution < 1.29 is 9.34 Å². The molecule has 102 valence electrons. The summed E-state index contributed by atoms with van der Waals surface area (Å²) in [5.41, 5.74) is 2.13. The van der Waals surface area contributed by atoms with Gasteiger partial charge in [-0.3, -0.25) is 10.1 Å². The highest BCUT2D eigenvalue weighted by atomic mass is 32.1. The smallest absolute Gasteiger partial charge is 0.296 e. The normalized spacial score (nSPS) is 12.4. The van der Waals surface area contributed by atoms with Gasteiger partial charge >= 0.3 is 0 Å². The average Bonchev–Trinajstić information content (AvgIpc) is 3.06. The molecule has 1 unspecified atom stereocenters. The fraction of sp³-hybridized carbons (Fsp3) is 0.154. The lowest BCUT2D eigenvalue weighted by Gasteiger charge is -2.09. The van der Waals surface area contributed by atoms with E-state index in [1.54, 1.807) is 17.4 Å². The molecule has 2 heterocycles. The van der Waals surface area contributed by atoms with Crippen molar-refractivity contribution in [2.24, 2.45) is 0 Å². The largest absolute Gasteiger partial charge is 0.423 e. The van der Waals surface area contributed by atoms with E-state index in [9.17, 15) is 10.1 Å². The van der Waals surface area contributed by atoms with Crippen LogP contribution in [0.15, 0.2) is 39.4 Å². The molecule has 0 bridgehead atoms. The molecule has 3 aromatic rings. The zero-order chi connectivity index (χ0) is 14.1. The highest BCUT2D eigenvalue weighted by Crippen LogP contribution is 2.26. The number of anilines is 1. The van der Waals surface area contributed by atoms with Crippen LogP contribution in [-0.2, 0) is 0 Å². The van der Waals surface area contributed by atoms with Crippen LogP contribution in [0.5, 0.6) is 0 Å². The van der Waals surface area contributed by atoms with Crippen LogP contribution in [0.25, 0.3) is 11.1 Å². The van der Waals surface area contributed by atoms with Crippen LogP contribution in [0.2, 0.25) is 0 Å². The van der Waals surface area contributed by atoms with E-state index >= 15 is 0 Å². The van der Waals surface area contributed by atoms with Gasteiger partial charge in [0.1, 0.15) is 5.52 Å². The number of nitro groups is 1. The van der Waals surface area contributed by atoms with Gasteiger partial charge in [-0.05, 0) is 35.4 Å². The maximum absolute atomic E-state index is 10.7. The Bertz CT molecular complexity index is 751. The quantitative estimate of drug-likeness (QED) is 0.580. The Hall–Kier alpha value is -2.41. The SMILES string of the molecule is CC(Nc1nc2ccc([N+](=O)[O-])cc2o1)c1ccsc1. The fourth-order valence-electron chi connectivity index (χ4n) is 1.88. The highest BCUT2D eigenvalue weighted by Gasteiger charge is 2.13. The van der Waals surface area contributed by atoms with Crippen LogP contribution in [0, 0.1) is 10.1 Å². The first-order valence-corrected chi connectivity index (χ1v) is 6.91. The van der Waals surface area contributed by atoms with Crippen molar-refractivity contribution in [2.45, 2.75) is 13.0 Å². The van der Waals surface area contributed by atoms with E-state index in [0.29, 0.717) is 17.1 Å². The summed E-state index contributed by atoms with van der Waals surface area (Å²) in [6.07, 6.45) is 0. The van der Waals surface area contributed by atoms with Gasteiger partial charge in [0, 0.05) is 6.07 Å². The lowest BCUT2D eigenvalue weighted by atomic mass is 10.2. The summed E-state index contributed by atoms with van der Waals surface area (Å²) in [6, 6.07) is 6.82. The number of fused-ring (bicyclic) bond motifs is 1. The first-order chi connectivity index (χ1) is 9.63. The monoisotopic (exact) mass is 289 g/mol. The van der Waals surface area contributed by atoms with Crippen molar-refractivity contribution in [3.8, 4) is 0 Å². The van der Waals surface area contributed by atoms with Crippen molar-refractivity contribution >= 4 is 34.1 Å². The second kappa shape index (κ2) is 4.93. The number of hydrogen-bond donors (Lipinski definition) is 1. The van der Waals surface area contributed by atoms with E-state index in [-0.39, 0.29) is 11.7 Å². The lowest BCUT2D eigenvalue weighted by molar-refractivity contribution is -0.384. The number of aromatic nitrogens is 1. The molecule has 0 fully saturated rings. The molecule has 1 aromatic carbocycles. The molecule has 0 radical (unpaired) electrons. The molecule has 20 heavy (non-hydrogen) atoms. The van der Waals surface area contributed by atoms with E-state index in [1.807, 2.05) is 23.8 Å². The van der Waals surface area contributed by atoms with Crippen LogP contribution >= 0.6 is 11.3 Å². The summed E-state index contributed by atoms with van der Waals surface area (Å²) in [4.78, 5) is 14.5. The van der Waals surface area contributed by atoms with Gasteiger partial charge in [-0.15, -0.1) is 0 Å². The van der Waals surface area contributed by atoms with Gasteiger partial charge < -0.3 is 9.73 Å². The molecule has 1 N–H and O–H groups in total.